The molecule has 0 heterocycles. The van der Waals surface area contributed by atoms with E-state index in [1.54, 1.807) is 12.1 Å². The molecule has 0 radical (unpaired) electrons. The van der Waals surface area contributed by atoms with Crippen LogP contribution in [0, 0.1) is 16.0 Å². The Morgan fingerprint density at radius 3 is 2.82 bits per heavy atom. The first-order valence-electron chi connectivity index (χ1n) is 5.41. The lowest BCUT2D eigenvalue weighted by Crippen LogP contribution is -2.37. The Kier molecular flexibility index (Phi) is 3.63. The zero-order chi connectivity index (χ0) is 12.4. The third-order valence-corrected chi connectivity index (χ3v) is 3.43. The number of nitrogens with zero attached hydrogens (tertiary/aromatic N) is 1. The molecule has 1 aromatic carbocycles. The van der Waals surface area contributed by atoms with Crippen LogP contribution in [0.15, 0.2) is 22.7 Å². The maximum atomic E-state index is 10.9. The molecular formula is C11H13BrN2O3. The van der Waals surface area contributed by atoms with Gasteiger partial charge in [0.2, 0.25) is 0 Å². The van der Waals surface area contributed by atoms with Crippen molar-refractivity contribution in [2.45, 2.75) is 18.9 Å². The number of ether oxygens (including phenoxy) is 1. The van der Waals surface area contributed by atoms with Crippen LogP contribution in [0.3, 0.4) is 0 Å². The summed E-state index contributed by atoms with van der Waals surface area (Å²) < 4.78 is 6.28. The summed E-state index contributed by atoms with van der Waals surface area (Å²) in [5, 5.41) is 10.9. The average Bonchev–Trinajstić information content (AvgIpc) is 2.24. The maximum Gasteiger partial charge on any atom is 0.312 e. The zero-order valence-electron chi connectivity index (χ0n) is 9.14. The second kappa shape index (κ2) is 5.01. The molecule has 2 N–H and O–H groups in total. The molecule has 0 saturated heterocycles. The van der Waals surface area contributed by atoms with Crippen molar-refractivity contribution in [2.24, 2.45) is 11.7 Å². The van der Waals surface area contributed by atoms with Crippen LogP contribution >= 0.6 is 15.9 Å². The number of hydrogen-bond acceptors (Lipinski definition) is 4. The van der Waals surface area contributed by atoms with E-state index in [0.717, 1.165) is 12.8 Å². The van der Waals surface area contributed by atoms with Crippen LogP contribution in [-0.2, 0) is 0 Å². The third-order valence-electron chi connectivity index (χ3n) is 2.94. The van der Waals surface area contributed by atoms with E-state index in [4.69, 9.17) is 10.5 Å². The topological polar surface area (TPSA) is 78.4 Å². The fourth-order valence-electron chi connectivity index (χ4n) is 1.88. The molecule has 1 aromatic rings. The monoisotopic (exact) mass is 300 g/mol. The lowest BCUT2D eigenvalue weighted by atomic mass is 9.82. The Morgan fingerprint density at radius 2 is 2.24 bits per heavy atom. The van der Waals surface area contributed by atoms with Crippen LogP contribution in [0.1, 0.15) is 12.8 Å². The van der Waals surface area contributed by atoms with Crippen molar-refractivity contribution in [3.8, 4) is 5.75 Å². The molecule has 2 rings (SSSR count). The normalized spacial score (nSPS) is 22.9. The minimum absolute atomic E-state index is 0.00410. The van der Waals surface area contributed by atoms with Crippen LogP contribution < -0.4 is 10.5 Å². The number of nitro groups is 1. The molecule has 17 heavy (non-hydrogen) atoms. The third kappa shape index (κ3) is 2.76. The Labute approximate surface area is 107 Å². The van der Waals surface area contributed by atoms with Gasteiger partial charge in [-0.2, -0.15) is 0 Å². The van der Waals surface area contributed by atoms with E-state index in [9.17, 15) is 10.1 Å². The summed E-state index contributed by atoms with van der Waals surface area (Å²) in [4.78, 5) is 10.4. The van der Waals surface area contributed by atoms with E-state index in [2.05, 4.69) is 15.9 Å². The molecule has 5 nitrogen and oxygen atoms in total. The molecule has 0 amide bonds. The molecule has 92 valence electrons. The molecule has 1 aliphatic rings. The van der Waals surface area contributed by atoms with Gasteiger partial charge >= 0.3 is 5.69 Å². The van der Waals surface area contributed by atoms with Crippen molar-refractivity contribution in [1.82, 2.24) is 0 Å². The van der Waals surface area contributed by atoms with Gasteiger partial charge in [-0.3, -0.25) is 10.1 Å². The number of nitrogens with two attached hydrogens (primary N) is 1. The van der Waals surface area contributed by atoms with Gasteiger partial charge in [-0.15, -0.1) is 0 Å². The molecule has 1 aliphatic carbocycles. The Hall–Kier alpha value is -1.14. The lowest BCUT2D eigenvalue weighted by Gasteiger charge is -2.34. The fourth-order valence-corrected chi connectivity index (χ4v) is 2.22. The Bertz CT molecular complexity index is 433. The van der Waals surface area contributed by atoms with Crippen LogP contribution in [0.2, 0.25) is 0 Å². The first kappa shape index (κ1) is 12.3. The highest BCUT2D eigenvalue weighted by molar-refractivity contribution is 9.10. The number of hydrogen-bond donors (Lipinski definition) is 1. The molecule has 6 heteroatoms. The average molecular weight is 301 g/mol. The van der Waals surface area contributed by atoms with Crippen molar-refractivity contribution < 1.29 is 9.66 Å². The highest BCUT2D eigenvalue weighted by Gasteiger charge is 2.31. The smallest absolute Gasteiger partial charge is 0.312 e. The molecule has 0 atom stereocenters. The van der Waals surface area contributed by atoms with Gasteiger partial charge < -0.3 is 10.5 Å². The van der Waals surface area contributed by atoms with Crippen molar-refractivity contribution in [3.63, 3.8) is 0 Å². The van der Waals surface area contributed by atoms with E-state index in [1.165, 1.54) is 6.07 Å². The van der Waals surface area contributed by atoms with Gasteiger partial charge in [0.15, 0.2) is 5.75 Å². The first-order chi connectivity index (χ1) is 8.10. The van der Waals surface area contributed by atoms with E-state index >= 15 is 0 Å². The summed E-state index contributed by atoms with van der Waals surface area (Å²) in [6, 6.07) is 4.81. The zero-order valence-corrected chi connectivity index (χ0v) is 10.7. The van der Waals surface area contributed by atoms with Gasteiger partial charge in [0.1, 0.15) is 0 Å². The maximum absolute atomic E-state index is 10.9. The second-order valence-electron chi connectivity index (χ2n) is 4.18. The van der Waals surface area contributed by atoms with E-state index in [-0.39, 0.29) is 11.8 Å². The predicted octanol–water partition coefficient (Wildman–Crippen LogP) is 2.47. The van der Waals surface area contributed by atoms with Crippen LogP contribution in [0.25, 0.3) is 0 Å². The summed E-state index contributed by atoms with van der Waals surface area (Å²) in [5.41, 5.74) is 5.51. The molecule has 0 aliphatic heterocycles. The fraction of sp³-hybridized carbons (Fsp3) is 0.455. The van der Waals surface area contributed by atoms with E-state index < -0.39 is 4.92 Å². The largest absolute Gasteiger partial charge is 0.483 e. The minimum Gasteiger partial charge on any atom is -0.483 e. The summed E-state index contributed by atoms with van der Waals surface area (Å²) in [6.07, 6.45) is 1.82. The van der Waals surface area contributed by atoms with Crippen molar-refractivity contribution in [1.29, 1.82) is 0 Å². The summed E-state index contributed by atoms with van der Waals surface area (Å²) in [6.45, 7) is 0.655. The quantitative estimate of drug-likeness (QED) is 0.684. The van der Waals surface area contributed by atoms with Crippen LogP contribution in [0.4, 0.5) is 5.69 Å². The summed E-state index contributed by atoms with van der Waals surface area (Å²) >= 11 is 3.21. The van der Waals surface area contributed by atoms with Gasteiger partial charge in [-0.25, -0.2) is 0 Å². The molecule has 0 aromatic heterocycles. The van der Waals surface area contributed by atoms with Gasteiger partial charge in [0.05, 0.1) is 11.0 Å². The highest BCUT2D eigenvalue weighted by Crippen LogP contribution is 2.36. The number of rotatable bonds is 4. The van der Waals surface area contributed by atoms with E-state index in [0.29, 0.717) is 22.7 Å². The van der Waals surface area contributed by atoms with Crippen molar-refractivity contribution in [2.75, 3.05) is 6.54 Å². The summed E-state index contributed by atoms with van der Waals surface area (Å²) in [5.74, 6) is 0.827. The van der Waals surface area contributed by atoms with Gasteiger partial charge in [0.25, 0.3) is 0 Å². The predicted molar refractivity (Wildman–Crippen MR) is 67.0 cm³/mol. The van der Waals surface area contributed by atoms with Crippen molar-refractivity contribution >= 4 is 21.6 Å². The highest BCUT2D eigenvalue weighted by atomic mass is 79.9. The molecule has 1 saturated carbocycles. The van der Waals surface area contributed by atoms with Crippen LogP contribution in [0.5, 0.6) is 5.75 Å². The molecule has 1 fully saturated rings. The number of halogens is 1. The molecule has 0 unspecified atom stereocenters. The van der Waals surface area contributed by atoms with Gasteiger partial charge in [-0.05, 0) is 37.4 Å². The molecule has 0 bridgehead atoms. The van der Waals surface area contributed by atoms with Crippen LogP contribution in [-0.4, -0.2) is 17.6 Å². The van der Waals surface area contributed by atoms with E-state index in [1.807, 2.05) is 0 Å². The van der Waals surface area contributed by atoms with Gasteiger partial charge in [0, 0.05) is 10.5 Å². The van der Waals surface area contributed by atoms with Crippen molar-refractivity contribution in [3.05, 3.63) is 32.8 Å². The standard InChI is InChI=1S/C11H13BrN2O3/c12-8-1-2-11(10(5-8)14(15)16)17-9-3-7(4-9)6-13/h1-2,5,7,9H,3-4,6,13H2. The SMILES string of the molecule is NCC1CC(Oc2ccc(Br)cc2[N+](=O)[O-])C1. The molecular weight excluding hydrogens is 288 g/mol. The number of nitro benzene ring substituents is 1. The Morgan fingerprint density at radius 1 is 1.53 bits per heavy atom. The first-order valence-corrected chi connectivity index (χ1v) is 6.20. The Balaban J connectivity index is 2.08. The lowest BCUT2D eigenvalue weighted by molar-refractivity contribution is -0.386. The van der Waals surface area contributed by atoms with Gasteiger partial charge in [-0.1, -0.05) is 15.9 Å². The second-order valence-corrected chi connectivity index (χ2v) is 5.10. The molecule has 0 spiro atoms. The summed E-state index contributed by atoms with van der Waals surface area (Å²) in [7, 11) is 0. The number of benzene rings is 1. The minimum atomic E-state index is -0.431.